The van der Waals surface area contributed by atoms with Gasteiger partial charge in [-0.05, 0) is 48.4 Å². The lowest BCUT2D eigenvalue weighted by Crippen LogP contribution is -2.37. The molecule has 1 atom stereocenters. The summed E-state index contributed by atoms with van der Waals surface area (Å²) in [6.45, 7) is 2.60. The number of nitrogens with one attached hydrogen (secondary N) is 1. The second kappa shape index (κ2) is 9.23. The van der Waals surface area contributed by atoms with Crippen LogP contribution in [0.25, 0.3) is 0 Å². The molecule has 0 saturated heterocycles. The van der Waals surface area contributed by atoms with E-state index in [1.807, 2.05) is 66.7 Å². The Morgan fingerprint density at radius 2 is 1.81 bits per heavy atom. The average Bonchev–Trinajstić information content (AvgIpc) is 2.87. The summed E-state index contributed by atoms with van der Waals surface area (Å²) in [7, 11) is 0. The molecule has 1 aliphatic rings. The first-order chi connectivity index (χ1) is 15.0. The summed E-state index contributed by atoms with van der Waals surface area (Å²) in [5, 5.41) is 3.60. The smallest absolute Gasteiger partial charge is 0.263 e. The molecular weight excluding hydrogens is 412 g/mol. The van der Waals surface area contributed by atoms with Crippen LogP contribution in [0.5, 0.6) is 5.75 Å². The maximum absolute atomic E-state index is 12.9. The summed E-state index contributed by atoms with van der Waals surface area (Å²) >= 11 is 5.97. The molecule has 0 aliphatic carbocycles. The number of carbonyl (C=O) groups is 2. The molecule has 1 aliphatic heterocycles. The van der Waals surface area contributed by atoms with Crippen LogP contribution in [0, 0.1) is 0 Å². The molecule has 1 unspecified atom stereocenters. The van der Waals surface area contributed by atoms with Crippen molar-refractivity contribution < 1.29 is 14.3 Å². The number of hydrogen-bond acceptors (Lipinski definition) is 3. The van der Waals surface area contributed by atoms with E-state index in [-0.39, 0.29) is 11.8 Å². The number of nitrogens with zero attached hydrogens (tertiary/aromatic N) is 1. The van der Waals surface area contributed by atoms with Crippen molar-refractivity contribution in [3.05, 3.63) is 94.5 Å². The summed E-state index contributed by atoms with van der Waals surface area (Å²) in [6, 6.07) is 22.5. The van der Waals surface area contributed by atoms with Crippen LogP contribution in [0.1, 0.15) is 23.6 Å². The standard InChI is InChI=1S/C25H23ClN2O3/c1-17-25(30)28(15-19-7-9-21(26)10-8-19)16-20-14-22(11-12-23(20)31-17)27-24(29)13-18-5-3-2-4-6-18/h2-12,14,17H,13,15-16H2,1H3,(H,27,29). The zero-order valence-electron chi connectivity index (χ0n) is 17.2. The van der Waals surface area contributed by atoms with Crippen LogP contribution in [-0.2, 0) is 29.1 Å². The fourth-order valence-corrected chi connectivity index (χ4v) is 3.73. The van der Waals surface area contributed by atoms with E-state index in [4.69, 9.17) is 16.3 Å². The van der Waals surface area contributed by atoms with Gasteiger partial charge >= 0.3 is 0 Å². The number of anilines is 1. The highest BCUT2D eigenvalue weighted by molar-refractivity contribution is 6.30. The van der Waals surface area contributed by atoms with Crippen molar-refractivity contribution in [3.63, 3.8) is 0 Å². The Balaban J connectivity index is 1.51. The van der Waals surface area contributed by atoms with E-state index >= 15 is 0 Å². The number of benzene rings is 3. The van der Waals surface area contributed by atoms with Crippen LogP contribution < -0.4 is 10.1 Å². The van der Waals surface area contributed by atoms with Crippen molar-refractivity contribution in [1.82, 2.24) is 4.90 Å². The van der Waals surface area contributed by atoms with E-state index in [9.17, 15) is 9.59 Å². The predicted octanol–water partition coefficient (Wildman–Crippen LogP) is 4.83. The molecule has 5 nitrogen and oxygen atoms in total. The quantitative estimate of drug-likeness (QED) is 0.625. The number of fused-ring (bicyclic) bond motifs is 1. The molecule has 1 heterocycles. The summed E-state index contributed by atoms with van der Waals surface area (Å²) < 4.78 is 5.89. The third kappa shape index (κ3) is 5.25. The highest BCUT2D eigenvalue weighted by Crippen LogP contribution is 2.29. The first kappa shape index (κ1) is 20.9. The fraction of sp³-hybridized carbons (Fsp3) is 0.200. The molecule has 31 heavy (non-hydrogen) atoms. The molecule has 0 spiro atoms. The third-order valence-electron chi connectivity index (χ3n) is 5.16. The van der Waals surface area contributed by atoms with E-state index in [1.165, 1.54) is 0 Å². The number of carbonyl (C=O) groups excluding carboxylic acids is 2. The van der Waals surface area contributed by atoms with Gasteiger partial charge in [0.15, 0.2) is 6.10 Å². The number of rotatable bonds is 5. The summed E-state index contributed by atoms with van der Waals surface area (Å²) in [5.41, 5.74) is 3.47. The Labute approximate surface area is 186 Å². The van der Waals surface area contributed by atoms with Gasteiger partial charge in [-0.1, -0.05) is 54.1 Å². The van der Waals surface area contributed by atoms with Crippen molar-refractivity contribution in [2.75, 3.05) is 5.32 Å². The Morgan fingerprint density at radius 1 is 1.06 bits per heavy atom. The minimum Gasteiger partial charge on any atom is -0.481 e. The van der Waals surface area contributed by atoms with Crippen LogP contribution >= 0.6 is 11.6 Å². The zero-order chi connectivity index (χ0) is 21.8. The lowest BCUT2D eigenvalue weighted by atomic mass is 10.1. The Morgan fingerprint density at radius 3 is 2.55 bits per heavy atom. The molecule has 0 bridgehead atoms. The molecule has 0 aromatic heterocycles. The predicted molar refractivity (Wildman–Crippen MR) is 121 cm³/mol. The van der Waals surface area contributed by atoms with E-state index in [1.54, 1.807) is 17.9 Å². The summed E-state index contributed by atoms with van der Waals surface area (Å²) in [5.74, 6) is 0.476. The second-order valence-electron chi connectivity index (χ2n) is 7.61. The van der Waals surface area contributed by atoms with E-state index < -0.39 is 6.10 Å². The highest BCUT2D eigenvalue weighted by Gasteiger charge is 2.28. The van der Waals surface area contributed by atoms with Gasteiger partial charge in [-0.2, -0.15) is 0 Å². The van der Waals surface area contributed by atoms with Gasteiger partial charge in [0, 0.05) is 29.4 Å². The number of hydrogen-bond donors (Lipinski definition) is 1. The zero-order valence-corrected chi connectivity index (χ0v) is 17.9. The van der Waals surface area contributed by atoms with Crippen molar-refractivity contribution in [2.45, 2.75) is 32.5 Å². The molecule has 1 N–H and O–H groups in total. The SMILES string of the molecule is CC1Oc2ccc(NC(=O)Cc3ccccc3)cc2CN(Cc2ccc(Cl)cc2)C1=O. The van der Waals surface area contributed by atoms with Crippen LogP contribution in [0.2, 0.25) is 5.02 Å². The maximum Gasteiger partial charge on any atom is 0.263 e. The largest absolute Gasteiger partial charge is 0.481 e. The van der Waals surface area contributed by atoms with Crippen molar-refractivity contribution in [1.29, 1.82) is 0 Å². The van der Waals surface area contributed by atoms with Gasteiger partial charge in [0.25, 0.3) is 5.91 Å². The number of ether oxygens (including phenoxy) is 1. The van der Waals surface area contributed by atoms with Crippen LogP contribution in [0.3, 0.4) is 0 Å². The first-order valence-electron chi connectivity index (χ1n) is 10.1. The van der Waals surface area contributed by atoms with Crippen LogP contribution in [0.4, 0.5) is 5.69 Å². The Bertz CT molecular complexity index is 1080. The van der Waals surface area contributed by atoms with Crippen molar-refractivity contribution in [3.8, 4) is 5.75 Å². The molecule has 3 aromatic rings. The number of amides is 2. The summed E-state index contributed by atoms with van der Waals surface area (Å²) in [6.07, 6.45) is -0.292. The van der Waals surface area contributed by atoms with E-state index in [2.05, 4.69) is 5.32 Å². The molecule has 4 rings (SSSR count). The Kier molecular flexibility index (Phi) is 6.23. The molecule has 6 heteroatoms. The van der Waals surface area contributed by atoms with Gasteiger partial charge in [-0.3, -0.25) is 9.59 Å². The van der Waals surface area contributed by atoms with Crippen molar-refractivity contribution in [2.24, 2.45) is 0 Å². The minimum absolute atomic E-state index is 0.0826. The highest BCUT2D eigenvalue weighted by atomic mass is 35.5. The van der Waals surface area contributed by atoms with E-state index in [0.29, 0.717) is 36.0 Å². The third-order valence-corrected chi connectivity index (χ3v) is 5.41. The minimum atomic E-state index is -0.591. The normalized spacial score (nSPS) is 15.6. The lowest BCUT2D eigenvalue weighted by molar-refractivity contribution is -0.138. The van der Waals surface area contributed by atoms with Crippen LogP contribution in [0.15, 0.2) is 72.8 Å². The molecule has 3 aromatic carbocycles. The molecule has 2 amide bonds. The molecule has 158 valence electrons. The average molecular weight is 435 g/mol. The Hall–Kier alpha value is -3.31. The molecule has 0 saturated carbocycles. The summed E-state index contributed by atoms with van der Waals surface area (Å²) in [4.78, 5) is 27.1. The van der Waals surface area contributed by atoms with Crippen molar-refractivity contribution >= 4 is 29.1 Å². The van der Waals surface area contributed by atoms with Gasteiger partial charge in [0.2, 0.25) is 5.91 Å². The second-order valence-corrected chi connectivity index (χ2v) is 8.05. The topological polar surface area (TPSA) is 58.6 Å². The van der Waals surface area contributed by atoms with Gasteiger partial charge in [-0.15, -0.1) is 0 Å². The van der Waals surface area contributed by atoms with Gasteiger partial charge in [0.1, 0.15) is 5.75 Å². The van der Waals surface area contributed by atoms with Crippen LogP contribution in [-0.4, -0.2) is 22.8 Å². The number of halogens is 1. The molecular formula is C25H23ClN2O3. The lowest BCUT2D eigenvalue weighted by Gasteiger charge is -2.22. The monoisotopic (exact) mass is 434 g/mol. The van der Waals surface area contributed by atoms with Gasteiger partial charge in [0.05, 0.1) is 6.42 Å². The molecule has 0 fully saturated rings. The fourth-order valence-electron chi connectivity index (χ4n) is 3.61. The van der Waals surface area contributed by atoms with Gasteiger partial charge in [-0.25, -0.2) is 0 Å². The molecule has 0 radical (unpaired) electrons. The van der Waals surface area contributed by atoms with E-state index in [0.717, 1.165) is 16.7 Å². The van der Waals surface area contributed by atoms with Gasteiger partial charge < -0.3 is 15.0 Å². The first-order valence-corrected chi connectivity index (χ1v) is 10.5. The maximum atomic E-state index is 12.9.